The molecule has 0 saturated heterocycles. The van der Waals surface area contributed by atoms with Gasteiger partial charge in [-0.2, -0.15) is 0 Å². The summed E-state index contributed by atoms with van der Waals surface area (Å²) in [6, 6.07) is 3.30. The second-order valence-electron chi connectivity index (χ2n) is 4.58. The number of nitrogens with zero attached hydrogens (tertiary/aromatic N) is 2. The van der Waals surface area contributed by atoms with Gasteiger partial charge in [0, 0.05) is 0 Å². The third-order valence-corrected chi connectivity index (χ3v) is 4.79. The normalized spacial score (nSPS) is 11.1. The van der Waals surface area contributed by atoms with Crippen LogP contribution in [-0.2, 0) is 10.0 Å². The highest BCUT2D eigenvalue weighted by molar-refractivity contribution is 7.92. The van der Waals surface area contributed by atoms with Crippen LogP contribution >= 0.6 is 0 Å². The van der Waals surface area contributed by atoms with E-state index in [4.69, 9.17) is 9.47 Å². The molecule has 1 heterocycles. The van der Waals surface area contributed by atoms with Gasteiger partial charge in [0.15, 0.2) is 0 Å². The van der Waals surface area contributed by atoms with Crippen molar-refractivity contribution in [3.63, 3.8) is 0 Å². The summed E-state index contributed by atoms with van der Waals surface area (Å²) in [5, 5.41) is 0. The molecule has 0 spiro atoms. The fraction of sp³-hybridized carbons (Fsp3) is 0.286. The smallest absolute Gasteiger partial charge is 0.316 e. The second-order valence-corrected chi connectivity index (χ2v) is 6.23. The molecule has 0 aliphatic rings. The lowest BCUT2D eigenvalue weighted by Crippen LogP contribution is -2.15. The summed E-state index contributed by atoms with van der Waals surface area (Å²) < 4.78 is 37.4. The minimum Gasteiger partial charge on any atom is -0.496 e. The predicted molar refractivity (Wildman–Crippen MR) is 81.9 cm³/mol. The minimum atomic E-state index is -3.74. The molecule has 0 fully saturated rings. The van der Waals surface area contributed by atoms with Crippen LogP contribution in [0.25, 0.3) is 0 Å². The highest BCUT2D eigenvalue weighted by atomic mass is 32.2. The quantitative estimate of drug-likeness (QED) is 0.904. The number of ether oxygens (including phenoxy) is 2. The van der Waals surface area contributed by atoms with Crippen LogP contribution in [-0.4, -0.2) is 32.6 Å². The maximum atomic E-state index is 12.5. The molecule has 7 nitrogen and oxygen atoms in total. The zero-order valence-electron chi connectivity index (χ0n) is 12.7. The van der Waals surface area contributed by atoms with E-state index < -0.39 is 10.0 Å². The fourth-order valence-corrected chi connectivity index (χ4v) is 3.30. The molecule has 0 radical (unpaired) electrons. The van der Waals surface area contributed by atoms with Gasteiger partial charge in [0.25, 0.3) is 10.0 Å². The van der Waals surface area contributed by atoms with Crippen molar-refractivity contribution >= 4 is 15.7 Å². The average molecular weight is 323 g/mol. The Labute approximate surface area is 129 Å². The van der Waals surface area contributed by atoms with Gasteiger partial charge < -0.3 is 9.47 Å². The topological polar surface area (TPSA) is 90.4 Å². The summed E-state index contributed by atoms with van der Waals surface area (Å²) in [6.45, 7) is 3.54. The molecule has 2 rings (SSSR count). The van der Waals surface area contributed by atoms with Gasteiger partial charge >= 0.3 is 6.01 Å². The van der Waals surface area contributed by atoms with E-state index >= 15 is 0 Å². The maximum Gasteiger partial charge on any atom is 0.316 e. The van der Waals surface area contributed by atoms with Crippen molar-refractivity contribution in [2.75, 3.05) is 18.9 Å². The number of methoxy groups -OCH3 is 2. The molecule has 0 unspecified atom stereocenters. The number of anilines is 1. The van der Waals surface area contributed by atoms with Crippen molar-refractivity contribution in [2.24, 2.45) is 0 Å². The van der Waals surface area contributed by atoms with Crippen LogP contribution in [0, 0.1) is 13.8 Å². The van der Waals surface area contributed by atoms with Crippen LogP contribution < -0.4 is 14.2 Å². The van der Waals surface area contributed by atoms with E-state index in [1.807, 2.05) is 6.92 Å². The molecular weight excluding hydrogens is 306 g/mol. The lowest BCUT2D eigenvalue weighted by atomic mass is 10.1. The van der Waals surface area contributed by atoms with Crippen molar-refractivity contribution in [1.29, 1.82) is 0 Å². The first-order chi connectivity index (χ1) is 10.4. The second kappa shape index (κ2) is 6.18. The van der Waals surface area contributed by atoms with Crippen LogP contribution in [0.15, 0.2) is 29.4 Å². The van der Waals surface area contributed by atoms with E-state index in [-0.39, 0.29) is 16.6 Å². The van der Waals surface area contributed by atoms with Crippen LogP contribution in [0.3, 0.4) is 0 Å². The Morgan fingerprint density at radius 2 is 1.64 bits per heavy atom. The van der Waals surface area contributed by atoms with Gasteiger partial charge in [-0.1, -0.05) is 0 Å². The number of rotatable bonds is 5. The molecule has 0 amide bonds. The van der Waals surface area contributed by atoms with Gasteiger partial charge in [0.05, 0.1) is 37.2 Å². The first-order valence-electron chi connectivity index (χ1n) is 6.42. The van der Waals surface area contributed by atoms with E-state index in [1.165, 1.54) is 25.6 Å². The number of hydrogen-bond acceptors (Lipinski definition) is 6. The Hall–Kier alpha value is -2.35. The first-order valence-corrected chi connectivity index (χ1v) is 7.90. The summed E-state index contributed by atoms with van der Waals surface area (Å²) in [4.78, 5) is 7.91. The maximum absolute atomic E-state index is 12.5. The molecule has 1 aromatic carbocycles. The van der Waals surface area contributed by atoms with Crippen molar-refractivity contribution in [2.45, 2.75) is 18.7 Å². The van der Waals surface area contributed by atoms with Gasteiger partial charge in [0.2, 0.25) is 0 Å². The minimum absolute atomic E-state index is 0.166. The van der Waals surface area contributed by atoms with Gasteiger partial charge in [-0.3, -0.25) is 4.72 Å². The largest absolute Gasteiger partial charge is 0.496 e. The number of aromatic nitrogens is 2. The fourth-order valence-electron chi connectivity index (χ4n) is 1.97. The van der Waals surface area contributed by atoms with Crippen LogP contribution in [0.1, 0.15) is 11.1 Å². The molecule has 2 aromatic rings. The zero-order valence-corrected chi connectivity index (χ0v) is 13.6. The van der Waals surface area contributed by atoms with Gasteiger partial charge in [0.1, 0.15) is 5.75 Å². The highest BCUT2D eigenvalue weighted by Gasteiger charge is 2.20. The Bertz CT molecular complexity index is 773. The monoisotopic (exact) mass is 323 g/mol. The molecule has 1 aromatic heterocycles. The molecule has 0 aliphatic heterocycles. The predicted octanol–water partition coefficient (Wildman–Crippen LogP) is 1.91. The molecule has 118 valence electrons. The van der Waals surface area contributed by atoms with Crippen molar-refractivity contribution in [3.8, 4) is 11.8 Å². The summed E-state index contributed by atoms with van der Waals surface area (Å²) >= 11 is 0. The van der Waals surface area contributed by atoms with E-state index in [9.17, 15) is 8.42 Å². The molecule has 0 saturated carbocycles. The van der Waals surface area contributed by atoms with E-state index in [1.54, 1.807) is 20.1 Å². The molecular formula is C14H17N3O4S. The molecule has 8 heteroatoms. The summed E-state index contributed by atoms with van der Waals surface area (Å²) in [5.41, 5.74) is 1.66. The molecule has 22 heavy (non-hydrogen) atoms. The average Bonchev–Trinajstić information content (AvgIpc) is 2.50. The molecule has 0 bridgehead atoms. The lowest BCUT2D eigenvalue weighted by molar-refractivity contribution is 0.380. The van der Waals surface area contributed by atoms with Gasteiger partial charge in [-0.25, -0.2) is 18.4 Å². The molecule has 1 N–H and O–H groups in total. The summed E-state index contributed by atoms with van der Waals surface area (Å²) in [5.74, 6) is 0.643. The van der Waals surface area contributed by atoms with Crippen molar-refractivity contribution in [1.82, 2.24) is 9.97 Å². The van der Waals surface area contributed by atoms with Crippen molar-refractivity contribution < 1.29 is 17.9 Å². The summed E-state index contributed by atoms with van der Waals surface area (Å²) in [7, 11) is -0.760. The van der Waals surface area contributed by atoms with E-state index in [0.717, 1.165) is 5.56 Å². The zero-order chi connectivity index (χ0) is 16.3. The van der Waals surface area contributed by atoms with Crippen LogP contribution in [0.4, 0.5) is 5.69 Å². The lowest BCUT2D eigenvalue weighted by Gasteiger charge is -2.14. The van der Waals surface area contributed by atoms with Crippen LogP contribution in [0.2, 0.25) is 0 Å². The Morgan fingerprint density at radius 3 is 2.18 bits per heavy atom. The Morgan fingerprint density at radius 1 is 1.00 bits per heavy atom. The Kier molecular flexibility index (Phi) is 4.51. The standard InChI is InChI=1S/C14H17N3O4S/c1-9-10(2)13(6-5-12(9)20-3)22(18,19)17-11-7-15-14(21-4)16-8-11/h5-8,17H,1-4H3. The molecule has 0 aliphatic carbocycles. The first kappa shape index (κ1) is 16.0. The van der Waals surface area contributed by atoms with E-state index in [0.29, 0.717) is 11.3 Å². The van der Waals surface area contributed by atoms with Crippen molar-refractivity contribution in [3.05, 3.63) is 35.7 Å². The molecule has 0 atom stereocenters. The SMILES string of the molecule is COc1ncc(NS(=O)(=O)c2ccc(OC)c(C)c2C)cn1. The number of hydrogen-bond donors (Lipinski definition) is 1. The van der Waals surface area contributed by atoms with Crippen LogP contribution in [0.5, 0.6) is 11.8 Å². The third-order valence-electron chi connectivity index (χ3n) is 3.26. The summed E-state index contributed by atoms with van der Waals surface area (Å²) in [6.07, 6.45) is 2.68. The number of nitrogens with one attached hydrogen (secondary N) is 1. The van der Waals surface area contributed by atoms with Gasteiger partial charge in [-0.05, 0) is 37.1 Å². The van der Waals surface area contributed by atoms with Gasteiger partial charge in [-0.15, -0.1) is 0 Å². The van der Waals surface area contributed by atoms with E-state index in [2.05, 4.69) is 14.7 Å². The number of sulfonamides is 1. The Balaban J connectivity index is 2.36. The highest BCUT2D eigenvalue weighted by Crippen LogP contribution is 2.27. The number of benzene rings is 1. The third kappa shape index (κ3) is 3.11.